The zero-order valence-corrected chi connectivity index (χ0v) is 18.2. The molecule has 0 spiro atoms. The smallest absolute Gasteiger partial charge is 0.280 e. The predicted octanol–water partition coefficient (Wildman–Crippen LogP) is 4.05. The van der Waals surface area contributed by atoms with Gasteiger partial charge in [-0.25, -0.2) is 9.97 Å². The molecule has 3 N–H and O–H groups in total. The number of para-hydroxylation sites is 1. The van der Waals surface area contributed by atoms with E-state index in [-0.39, 0.29) is 12.3 Å². The predicted molar refractivity (Wildman–Crippen MR) is 122 cm³/mol. The number of amides is 2. The summed E-state index contributed by atoms with van der Waals surface area (Å²) in [6, 6.07) is 11.3. The number of rotatable bonds is 4. The van der Waals surface area contributed by atoms with Crippen LogP contribution in [0.15, 0.2) is 53.3 Å². The molecular weight excluding hydrogens is 426 g/mol. The Labute approximate surface area is 186 Å². The van der Waals surface area contributed by atoms with Gasteiger partial charge in [0, 0.05) is 22.5 Å². The Morgan fingerprint density at radius 2 is 1.94 bits per heavy atom. The third-order valence-corrected chi connectivity index (χ3v) is 6.44. The Balaban J connectivity index is 1.33. The van der Waals surface area contributed by atoms with Gasteiger partial charge < -0.3 is 9.40 Å². The summed E-state index contributed by atoms with van der Waals surface area (Å²) in [5.41, 5.74) is 8.39. The summed E-state index contributed by atoms with van der Waals surface area (Å²) < 4.78 is 5.39. The van der Waals surface area contributed by atoms with Crippen molar-refractivity contribution in [1.29, 1.82) is 0 Å². The summed E-state index contributed by atoms with van der Waals surface area (Å²) in [6.45, 7) is 3.73. The molecular formula is C23H19N5O3S. The third kappa shape index (κ3) is 3.52. The highest BCUT2D eigenvalue weighted by Gasteiger charge is 2.20. The van der Waals surface area contributed by atoms with Gasteiger partial charge in [0.1, 0.15) is 4.83 Å². The quantitative estimate of drug-likeness (QED) is 0.361. The summed E-state index contributed by atoms with van der Waals surface area (Å²) in [5.74, 6) is 0.339. The van der Waals surface area contributed by atoms with Gasteiger partial charge in [0.15, 0.2) is 11.6 Å². The number of aromatic amines is 1. The molecule has 1 aromatic carbocycles. The molecule has 0 saturated carbocycles. The first-order valence-corrected chi connectivity index (χ1v) is 10.8. The van der Waals surface area contributed by atoms with Crippen molar-refractivity contribution in [2.75, 3.05) is 0 Å². The van der Waals surface area contributed by atoms with Gasteiger partial charge in [-0.3, -0.25) is 20.4 Å². The highest BCUT2D eigenvalue weighted by molar-refractivity contribution is 7.20. The van der Waals surface area contributed by atoms with Gasteiger partial charge in [-0.1, -0.05) is 18.2 Å². The van der Waals surface area contributed by atoms with E-state index >= 15 is 0 Å². The number of aryl methyl sites for hydroxylation is 2. The molecule has 0 aliphatic rings. The SMILES string of the molecule is Cc1nc(-c2ccco2)nc2sc(C(=O)NNC(=O)Cc3c[nH]c4ccccc34)c(C)c12. The van der Waals surface area contributed by atoms with Crippen LogP contribution in [0.5, 0.6) is 0 Å². The number of thiophene rings is 1. The lowest BCUT2D eigenvalue weighted by Crippen LogP contribution is -2.42. The number of aromatic nitrogens is 3. The highest BCUT2D eigenvalue weighted by atomic mass is 32.1. The van der Waals surface area contributed by atoms with Crippen molar-refractivity contribution in [3.63, 3.8) is 0 Å². The Bertz CT molecular complexity index is 1470. The second-order valence-electron chi connectivity index (χ2n) is 7.38. The van der Waals surface area contributed by atoms with E-state index in [0.29, 0.717) is 21.3 Å². The van der Waals surface area contributed by atoms with E-state index in [1.165, 1.54) is 11.3 Å². The Hall–Kier alpha value is -3.98. The maximum Gasteiger partial charge on any atom is 0.280 e. The summed E-state index contributed by atoms with van der Waals surface area (Å²) in [4.78, 5) is 38.6. The lowest BCUT2D eigenvalue weighted by Gasteiger charge is -2.06. The normalized spacial score (nSPS) is 11.2. The molecule has 9 heteroatoms. The molecule has 0 fully saturated rings. The second kappa shape index (κ2) is 7.93. The number of hydrazine groups is 1. The fraction of sp³-hybridized carbons (Fsp3) is 0.130. The van der Waals surface area contributed by atoms with Crippen molar-refractivity contribution in [3.05, 3.63) is 70.6 Å². The van der Waals surface area contributed by atoms with E-state index in [1.807, 2.05) is 38.1 Å². The van der Waals surface area contributed by atoms with Gasteiger partial charge >= 0.3 is 0 Å². The van der Waals surface area contributed by atoms with Crippen molar-refractivity contribution >= 4 is 44.3 Å². The topological polar surface area (TPSA) is 113 Å². The molecule has 0 atom stereocenters. The van der Waals surface area contributed by atoms with Crippen molar-refractivity contribution in [2.24, 2.45) is 0 Å². The number of fused-ring (bicyclic) bond motifs is 2. The fourth-order valence-corrected chi connectivity index (χ4v) is 4.88. The van der Waals surface area contributed by atoms with Crippen LogP contribution < -0.4 is 10.9 Å². The molecule has 0 radical (unpaired) electrons. The molecule has 0 aliphatic heterocycles. The minimum atomic E-state index is -0.392. The Morgan fingerprint density at radius 3 is 2.75 bits per heavy atom. The minimum absolute atomic E-state index is 0.146. The maximum atomic E-state index is 12.8. The van der Waals surface area contributed by atoms with Crippen LogP contribution in [0, 0.1) is 13.8 Å². The molecule has 0 bridgehead atoms. The van der Waals surface area contributed by atoms with Gasteiger partial charge in [-0.2, -0.15) is 0 Å². The van der Waals surface area contributed by atoms with Crippen LogP contribution in [0.25, 0.3) is 32.7 Å². The zero-order valence-electron chi connectivity index (χ0n) is 17.4. The number of carbonyl (C=O) groups is 2. The number of H-pyrrole nitrogens is 1. The first kappa shape index (κ1) is 20.0. The Morgan fingerprint density at radius 1 is 1.09 bits per heavy atom. The molecule has 0 aliphatic carbocycles. The van der Waals surface area contributed by atoms with Crippen molar-refractivity contribution in [1.82, 2.24) is 25.8 Å². The number of hydrogen-bond acceptors (Lipinski definition) is 6. The van der Waals surface area contributed by atoms with Crippen LogP contribution in [0.4, 0.5) is 0 Å². The summed E-state index contributed by atoms with van der Waals surface area (Å²) in [6.07, 6.45) is 3.52. The van der Waals surface area contributed by atoms with Gasteiger partial charge in [-0.15, -0.1) is 11.3 Å². The second-order valence-corrected chi connectivity index (χ2v) is 8.38. The van der Waals surface area contributed by atoms with E-state index < -0.39 is 5.91 Å². The number of carbonyl (C=O) groups excluding carboxylic acids is 2. The number of benzene rings is 1. The van der Waals surface area contributed by atoms with Crippen LogP contribution in [-0.2, 0) is 11.2 Å². The molecule has 8 nitrogen and oxygen atoms in total. The first-order chi connectivity index (χ1) is 15.5. The van der Waals surface area contributed by atoms with Crippen LogP contribution in [0.2, 0.25) is 0 Å². The summed E-state index contributed by atoms with van der Waals surface area (Å²) in [5, 5.41) is 1.82. The molecule has 4 heterocycles. The van der Waals surface area contributed by atoms with Crippen LogP contribution in [0.3, 0.4) is 0 Å². The van der Waals surface area contributed by atoms with Crippen molar-refractivity contribution in [2.45, 2.75) is 20.3 Å². The molecule has 0 unspecified atom stereocenters. The van der Waals surface area contributed by atoms with Crippen molar-refractivity contribution in [3.8, 4) is 11.6 Å². The van der Waals surface area contributed by atoms with E-state index in [2.05, 4.69) is 25.8 Å². The van der Waals surface area contributed by atoms with Gasteiger partial charge in [0.25, 0.3) is 5.91 Å². The minimum Gasteiger partial charge on any atom is -0.461 e. The number of nitrogens with zero attached hydrogens (tertiary/aromatic N) is 2. The van der Waals surface area contributed by atoms with Crippen LogP contribution in [0.1, 0.15) is 26.5 Å². The van der Waals surface area contributed by atoms with E-state index in [1.54, 1.807) is 24.6 Å². The molecule has 32 heavy (non-hydrogen) atoms. The van der Waals surface area contributed by atoms with Crippen molar-refractivity contribution < 1.29 is 14.0 Å². The average molecular weight is 446 g/mol. The molecule has 0 saturated heterocycles. The summed E-state index contributed by atoms with van der Waals surface area (Å²) >= 11 is 1.26. The molecule has 5 aromatic rings. The van der Waals surface area contributed by atoms with Crippen LogP contribution in [-0.4, -0.2) is 26.8 Å². The lowest BCUT2D eigenvalue weighted by atomic mass is 10.1. The first-order valence-electron chi connectivity index (χ1n) is 9.97. The average Bonchev–Trinajstić information content (AvgIpc) is 3.52. The van der Waals surface area contributed by atoms with Gasteiger partial charge in [0.05, 0.1) is 23.3 Å². The fourth-order valence-electron chi connectivity index (χ4n) is 3.75. The number of hydrogen-bond donors (Lipinski definition) is 3. The molecule has 2 amide bonds. The van der Waals surface area contributed by atoms with Gasteiger partial charge in [-0.05, 0) is 43.2 Å². The molecule has 160 valence electrons. The highest BCUT2D eigenvalue weighted by Crippen LogP contribution is 2.32. The van der Waals surface area contributed by atoms with E-state index in [9.17, 15) is 9.59 Å². The largest absolute Gasteiger partial charge is 0.461 e. The Kier molecular flexibility index (Phi) is 4.95. The summed E-state index contributed by atoms with van der Waals surface area (Å²) in [7, 11) is 0. The van der Waals surface area contributed by atoms with E-state index in [0.717, 1.165) is 33.1 Å². The lowest BCUT2D eigenvalue weighted by molar-refractivity contribution is -0.121. The van der Waals surface area contributed by atoms with Crippen LogP contribution >= 0.6 is 11.3 Å². The zero-order chi connectivity index (χ0) is 22.2. The standard InChI is InChI=1S/C23H19N5O3S/c1-12-19-13(2)25-21(17-8-5-9-31-17)26-23(19)32-20(12)22(30)28-27-18(29)10-14-11-24-16-7-4-3-6-15(14)16/h3-9,11,24H,10H2,1-2H3,(H,27,29)(H,28,30). The number of furan rings is 1. The van der Waals surface area contributed by atoms with Gasteiger partial charge in [0.2, 0.25) is 5.91 Å². The third-order valence-electron chi connectivity index (χ3n) is 5.26. The monoisotopic (exact) mass is 445 g/mol. The maximum absolute atomic E-state index is 12.8. The molecule has 5 rings (SSSR count). The molecule has 4 aromatic heterocycles. The number of nitrogens with one attached hydrogen (secondary N) is 3. The van der Waals surface area contributed by atoms with E-state index in [4.69, 9.17) is 4.42 Å².